The molecular formula is C27H40O3. The van der Waals surface area contributed by atoms with Crippen molar-refractivity contribution in [3.8, 4) is 0 Å². The minimum Gasteiger partial charge on any atom is -0.483 e. The molecule has 3 nitrogen and oxygen atoms in total. The molecular weight excluding hydrogens is 372 g/mol. The highest BCUT2D eigenvalue weighted by molar-refractivity contribution is 5.83. The number of carbonyl (C=O) groups is 1. The van der Waals surface area contributed by atoms with Gasteiger partial charge in [-0.25, -0.2) is 0 Å². The number of ether oxygens (including phenoxy) is 2. The molecule has 0 amide bonds. The van der Waals surface area contributed by atoms with E-state index in [1.54, 1.807) is 0 Å². The number of ketones is 1. The molecule has 9 atom stereocenters. The minimum absolute atomic E-state index is 0.128. The van der Waals surface area contributed by atoms with E-state index in [2.05, 4.69) is 34.6 Å². The Bertz CT molecular complexity index is 811. The maximum Gasteiger partial charge on any atom is 0.158 e. The fraction of sp³-hybridized carbons (Fsp3) is 0.889. The summed E-state index contributed by atoms with van der Waals surface area (Å²) >= 11 is 0. The summed E-state index contributed by atoms with van der Waals surface area (Å²) in [5, 5.41) is 0. The molecule has 0 aromatic heterocycles. The van der Waals surface area contributed by atoms with E-state index in [0.29, 0.717) is 35.7 Å². The quantitative estimate of drug-likeness (QED) is 0.527. The summed E-state index contributed by atoms with van der Waals surface area (Å²) in [4.78, 5) is 12.2. The van der Waals surface area contributed by atoms with Crippen LogP contribution in [-0.4, -0.2) is 23.6 Å². The van der Waals surface area contributed by atoms with Crippen LogP contribution < -0.4 is 0 Å². The molecule has 0 radical (unpaired) electrons. The van der Waals surface area contributed by atoms with Gasteiger partial charge >= 0.3 is 0 Å². The SMILES string of the molecule is CC(CCC1OC1(C)C)[C@H]1CC[C@H]2[C@@H]3C4OC4=C4CC(=O)CC[C@]4(C)[C@H]3CC[C@]12C. The number of rotatable bonds is 4. The lowest BCUT2D eigenvalue weighted by Gasteiger charge is -2.56. The molecule has 3 saturated carbocycles. The van der Waals surface area contributed by atoms with Crippen molar-refractivity contribution in [1.82, 2.24) is 0 Å². The van der Waals surface area contributed by atoms with Crippen molar-refractivity contribution in [3.05, 3.63) is 11.3 Å². The van der Waals surface area contributed by atoms with E-state index in [9.17, 15) is 4.79 Å². The topological polar surface area (TPSA) is 42.1 Å². The Morgan fingerprint density at radius 1 is 1.07 bits per heavy atom. The molecule has 3 unspecified atom stereocenters. The van der Waals surface area contributed by atoms with Crippen molar-refractivity contribution in [2.24, 2.45) is 40.4 Å². The number of carbonyl (C=O) groups excluding carboxylic acids is 1. The predicted molar refractivity (Wildman–Crippen MR) is 117 cm³/mol. The minimum atomic E-state index is 0.128. The van der Waals surface area contributed by atoms with Crippen LogP contribution in [0, 0.1) is 40.4 Å². The second-order valence-electron chi connectivity index (χ2n) is 12.8. The van der Waals surface area contributed by atoms with Crippen molar-refractivity contribution in [1.29, 1.82) is 0 Å². The number of allylic oxidation sites excluding steroid dienone is 1. The van der Waals surface area contributed by atoms with Crippen LogP contribution in [0.3, 0.4) is 0 Å². The predicted octanol–water partition coefficient (Wildman–Crippen LogP) is 6.06. The Hall–Kier alpha value is -0.830. The lowest BCUT2D eigenvalue weighted by atomic mass is 9.47. The summed E-state index contributed by atoms with van der Waals surface area (Å²) in [5.41, 5.74) is 2.22. The fourth-order valence-electron chi connectivity index (χ4n) is 9.10. The van der Waals surface area contributed by atoms with Crippen LogP contribution in [0.1, 0.15) is 92.4 Å². The molecule has 166 valence electrons. The van der Waals surface area contributed by atoms with Gasteiger partial charge in [0, 0.05) is 18.8 Å². The first-order chi connectivity index (χ1) is 14.1. The first-order valence-electron chi connectivity index (χ1n) is 12.7. The molecule has 0 aromatic rings. The highest BCUT2D eigenvalue weighted by Crippen LogP contribution is 2.71. The molecule has 5 fully saturated rings. The maximum absolute atomic E-state index is 12.2. The Balaban J connectivity index is 1.23. The van der Waals surface area contributed by atoms with E-state index in [1.165, 1.54) is 49.9 Å². The summed E-state index contributed by atoms with van der Waals surface area (Å²) in [5.74, 6) is 5.54. The summed E-state index contributed by atoms with van der Waals surface area (Å²) in [6.45, 7) is 12.1. The van der Waals surface area contributed by atoms with Crippen molar-refractivity contribution >= 4 is 5.78 Å². The summed E-state index contributed by atoms with van der Waals surface area (Å²) in [6, 6.07) is 0. The molecule has 6 aliphatic rings. The Morgan fingerprint density at radius 2 is 1.83 bits per heavy atom. The smallest absolute Gasteiger partial charge is 0.158 e. The average Bonchev–Trinajstić information content (AvgIpc) is 3.56. The summed E-state index contributed by atoms with van der Waals surface area (Å²) in [6.07, 6.45) is 11.4. The Morgan fingerprint density at radius 3 is 2.57 bits per heavy atom. The van der Waals surface area contributed by atoms with Crippen LogP contribution in [0.4, 0.5) is 0 Å². The van der Waals surface area contributed by atoms with Gasteiger partial charge in [-0.1, -0.05) is 20.8 Å². The van der Waals surface area contributed by atoms with Crippen LogP contribution in [0.2, 0.25) is 0 Å². The molecule has 3 heteroatoms. The van der Waals surface area contributed by atoms with E-state index >= 15 is 0 Å². The van der Waals surface area contributed by atoms with Gasteiger partial charge < -0.3 is 9.47 Å². The van der Waals surface area contributed by atoms with E-state index in [-0.39, 0.29) is 11.0 Å². The van der Waals surface area contributed by atoms with Crippen LogP contribution >= 0.6 is 0 Å². The highest BCUT2D eigenvalue weighted by atomic mass is 16.6. The number of hydrogen-bond donors (Lipinski definition) is 0. The van der Waals surface area contributed by atoms with Gasteiger partial charge in [-0.15, -0.1) is 0 Å². The van der Waals surface area contributed by atoms with Gasteiger partial charge in [-0.3, -0.25) is 4.79 Å². The third-order valence-electron chi connectivity index (χ3n) is 11.0. The second kappa shape index (κ2) is 6.15. The van der Waals surface area contributed by atoms with E-state index < -0.39 is 0 Å². The van der Waals surface area contributed by atoms with Crippen molar-refractivity contribution in [2.75, 3.05) is 0 Å². The van der Waals surface area contributed by atoms with E-state index in [1.807, 2.05) is 0 Å². The molecule has 2 saturated heterocycles. The third-order valence-corrected chi connectivity index (χ3v) is 11.0. The van der Waals surface area contributed by atoms with Crippen LogP contribution in [0.5, 0.6) is 0 Å². The zero-order valence-electron chi connectivity index (χ0n) is 19.6. The number of hydrogen-bond acceptors (Lipinski definition) is 3. The monoisotopic (exact) mass is 412 g/mol. The van der Waals surface area contributed by atoms with Gasteiger partial charge in [0.25, 0.3) is 0 Å². The Kier molecular flexibility index (Phi) is 4.06. The second-order valence-corrected chi connectivity index (χ2v) is 12.8. The first-order valence-corrected chi connectivity index (χ1v) is 12.7. The van der Waals surface area contributed by atoms with Crippen molar-refractivity contribution in [3.63, 3.8) is 0 Å². The van der Waals surface area contributed by atoms with Gasteiger partial charge in [0.15, 0.2) is 6.10 Å². The zero-order valence-corrected chi connectivity index (χ0v) is 19.6. The van der Waals surface area contributed by atoms with Crippen molar-refractivity contribution in [2.45, 2.75) is 110 Å². The number of Topliss-reactive ketones (excluding diaryl/α,β-unsaturated/α-hetero) is 1. The molecule has 30 heavy (non-hydrogen) atoms. The highest BCUT2D eigenvalue weighted by Gasteiger charge is 2.67. The summed E-state index contributed by atoms with van der Waals surface area (Å²) in [7, 11) is 0. The maximum atomic E-state index is 12.2. The average molecular weight is 413 g/mol. The number of epoxide rings is 2. The fourth-order valence-corrected chi connectivity index (χ4v) is 9.10. The molecule has 0 N–H and O–H groups in total. The van der Waals surface area contributed by atoms with Gasteiger partial charge in [-0.2, -0.15) is 0 Å². The van der Waals surface area contributed by atoms with Crippen LogP contribution in [0.15, 0.2) is 11.3 Å². The van der Waals surface area contributed by atoms with E-state index in [0.717, 1.165) is 36.5 Å². The lowest BCUT2D eigenvalue weighted by molar-refractivity contribution is -0.122. The molecule has 6 rings (SSSR count). The number of fused-ring (bicyclic) bond motifs is 7. The first kappa shape index (κ1) is 19.8. The Labute approximate surface area is 182 Å². The molecule has 2 aliphatic heterocycles. The van der Waals surface area contributed by atoms with Gasteiger partial charge in [0.05, 0.1) is 11.7 Å². The van der Waals surface area contributed by atoms with Gasteiger partial charge in [0.1, 0.15) is 11.5 Å². The summed E-state index contributed by atoms with van der Waals surface area (Å²) < 4.78 is 12.2. The van der Waals surface area contributed by atoms with Gasteiger partial charge in [0.2, 0.25) is 0 Å². The van der Waals surface area contributed by atoms with Crippen LogP contribution in [0.25, 0.3) is 0 Å². The molecule has 0 aromatic carbocycles. The van der Waals surface area contributed by atoms with Crippen molar-refractivity contribution < 1.29 is 14.3 Å². The lowest BCUT2D eigenvalue weighted by Crippen LogP contribution is -2.52. The van der Waals surface area contributed by atoms with Gasteiger partial charge in [-0.05, 0) is 98.9 Å². The zero-order chi connectivity index (χ0) is 21.1. The third kappa shape index (κ3) is 2.63. The van der Waals surface area contributed by atoms with E-state index in [4.69, 9.17) is 9.47 Å². The molecule has 2 heterocycles. The molecule has 0 spiro atoms. The molecule has 4 aliphatic carbocycles. The molecule has 0 bridgehead atoms. The standard InChI is InChI=1S/C27H40O3/c1-15(6-9-21-25(2,3)30-21)17-7-8-18-22-19(11-13-26(17,18)4)27(5)12-10-16(28)14-20(27)23-24(22)29-23/h15,17-19,21-22,24H,6-14H2,1-5H3/t15?,17-,18+,19+,21?,22+,24?,26-,27-/m1/s1. The normalized spacial score (nSPS) is 51.3. The van der Waals surface area contributed by atoms with Crippen LogP contribution in [-0.2, 0) is 14.3 Å². The largest absolute Gasteiger partial charge is 0.483 e.